The average Bonchev–Trinajstić information content (AvgIpc) is 2.45. The molecule has 0 bridgehead atoms. The van der Waals surface area contributed by atoms with Crippen molar-refractivity contribution in [3.63, 3.8) is 0 Å². The first-order chi connectivity index (χ1) is 9.59. The highest BCUT2D eigenvalue weighted by Crippen LogP contribution is 2.28. The van der Waals surface area contributed by atoms with E-state index in [-0.39, 0.29) is 17.0 Å². The van der Waals surface area contributed by atoms with E-state index >= 15 is 0 Å². The second-order valence-electron chi connectivity index (χ2n) is 3.84. The fourth-order valence-electron chi connectivity index (χ4n) is 1.63. The predicted molar refractivity (Wildman–Crippen MR) is 73.9 cm³/mol. The molecule has 0 amide bonds. The number of rotatable bonds is 5. The number of pyridine rings is 1. The van der Waals surface area contributed by atoms with Crippen molar-refractivity contribution in [1.82, 2.24) is 4.98 Å². The molecule has 0 aliphatic heterocycles. The van der Waals surface area contributed by atoms with Crippen molar-refractivity contribution in [2.24, 2.45) is 0 Å². The van der Waals surface area contributed by atoms with Crippen molar-refractivity contribution >= 4 is 23.4 Å². The van der Waals surface area contributed by atoms with Crippen LogP contribution in [0.2, 0.25) is 0 Å². The fraction of sp³-hybridized carbons (Fsp3) is 0.0769. The maximum absolute atomic E-state index is 11.0. The van der Waals surface area contributed by atoms with Gasteiger partial charge in [0.25, 0.3) is 5.69 Å². The largest absolute Gasteiger partial charge is 0.478 e. The molecule has 0 saturated carbocycles. The Balaban J connectivity index is 2.22. The number of carbonyl (C=O) groups is 1. The number of hydrogen-bond acceptors (Lipinski definition) is 5. The zero-order valence-corrected chi connectivity index (χ0v) is 11.0. The van der Waals surface area contributed by atoms with E-state index in [2.05, 4.69) is 4.98 Å². The van der Waals surface area contributed by atoms with E-state index in [0.717, 1.165) is 11.8 Å². The summed E-state index contributed by atoms with van der Waals surface area (Å²) in [4.78, 5) is 25.5. The molecule has 0 aliphatic rings. The van der Waals surface area contributed by atoms with Crippen LogP contribution >= 0.6 is 11.8 Å². The summed E-state index contributed by atoms with van der Waals surface area (Å²) in [7, 11) is 0. The Morgan fingerprint density at radius 2 is 2.05 bits per heavy atom. The number of carboxylic acid groups (broad SMARTS) is 1. The second kappa shape index (κ2) is 6.16. The number of nitro groups is 1. The van der Waals surface area contributed by atoms with Crippen LogP contribution in [0.4, 0.5) is 5.69 Å². The summed E-state index contributed by atoms with van der Waals surface area (Å²) in [6, 6.07) is 9.37. The fourth-order valence-corrected chi connectivity index (χ4v) is 2.61. The molecule has 1 aromatic heterocycles. The van der Waals surface area contributed by atoms with Crippen molar-refractivity contribution in [2.75, 3.05) is 0 Å². The molecule has 2 aromatic rings. The van der Waals surface area contributed by atoms with Gasteiger partial charge < -0.3 is 5.11 Å². The first-order valence-electron chi connectivity index (χ1n) is 5.63. The third-order valence-corrected chi connectivity index (χ3v) is 3.61. The van der Waals surface area contributed by atoms with E-state index in [1.807, 2.05) is 0 Å². The lowest BCUT2D eigenvalue weighted by atomic mass is 10.2. The first kappa shape index (κ1) is 14.0. The van der Waals surface area contributed by atoms with Crippen LogP contribution in [0, 0.1) is 10.1 Å². The smallest absolute Gasteiger partial charge is 0.338 e. The summed E-state index contributed by atoms with van der Waals surface area (Å²) >= 11 is 1.16. The normalized spacial score (nSPS) is 10.2. The first-order valence-corrected chi connectivity index (χ1v) is 6.61. The van der Waals surface area contributed by atoms with E-state index in [0.29, 0.717) is 10.6 Å². The predicted octanol–water partition coefficient (Wildman–Crippen LogP) is 2.98. The third-order valence-electron chi connectivity index (χ3n) is 2.55. The Bertz CT molecular complexity index is 603. The molecular weight excluding hydrogens is 280 g/mol. The summed E-state index contributed by atoms with van der Waals surface area (Å²) in [5.41, 5.74) is 0.647. The number of aromatic nitrogens is 1. The molecule has 0 spiro atoms. The second-order valence-corrected chi connectivity index (χ2v) is 4.80. The lowest BCUT2D eigenvalue weighted by Gasteiger charge is -2.05. The minimum Gasteiger partial charge on any atom is -0.478 e. The summed E-state index contributed by atoms with van der Waals surface area (Å²) in [6.07, 6.45) is 1.49. The van der Waals surface area contributed by atoms with Gasteiger partial charge in [-0.2, -0.15) is 0 Å². The average molecular weight is 290 g/mol. The quantitative estimate of drug-likeness (QED) is 0.517. The monoisotopic (exact) mass is 290 g/mol. The van der Waals surface area contributed by atoms with E-state index < -0.39 is 10.9 Å². The van der Waals surface area contributed by atoms with E-state index in [4.69, 9.17) is 5.11 Å². The zero-order chi connectivity index (χ0) is 14.5. The van der Waals surface area contributed by atoms with E-state index in [9.17, 15) is 14.9 Å². The third kappa shape index (κ3) is 3.12. The van der Waals surface area contributed by atoms with Crippen LogP contribution in [0.3, 0.4) is 0 Å². The molecule has 6 nitrogen and oxygen atoms in total. The number of nitro benzene ring substituents is 1. The van der Waals surface area contributed by atoms with Gasteiger partial charge in [0, 0.05) is 23.6 Å². The van der Waals surface area contributed by atoms with Crippen molar-refractivity contribution in [1.29, 1.82) is 0 Å². The number of para-hydroxylation sites is 1. The molecule has 7 heteroatoms. The highest BCUT2D eigenvalue weighted by atomic mass is 32.2. The van der Waals surface area contributed by atoms with Crippen LogP contribution in [0.1, 0.15) is 15.9 Å². The maximum atomic E-state index is 11.0. The number of thioether (sulfide) groups is 1. The minimum absolute atomic E-state index is 0.0211. The number of nitrogens with zero attached hydrogens (tertiary/aromatic N) is 2. The van der Waals surface area contributed by atoms with E-state index in [1.165, 1.54) is 18.3 Å². The van der Waals surface area contributed by atoms with Crippen molar-refractivity contribution in [2.45, 2.75) is 10.8 Å². The molecule has 1 heterocycles. The van der Waals surface area contributed by atoms with Gasteiger partial charge in [0.15, 0.2) is 0 Å². The van der Waals surface area contributed by atoms with Crippen LogP contribution in [-0.4, -0.2) is 21.0 Å². The maximum Gasteiger partial charge on any atom is 0.338 e. The highest BCUT2D eigenvalue weighted by molar-refractivity contribution is 7.98. The van der Waals surface area contributed by atoms with Crippen LogP contribution in [0.25, 0.3) is 0 Å². The Kier molecular flexibility index (Phi) is 4.31. The molecule has 1 N–H and O–H groups in total. The van der Waals surface area contributed by atoms with Gasteiger partial charge in [0.05, 0.1) is 10.5 Å². The Hall–Kier alpha value is -2.41. The Morgan fingerprint density at radius 3 is 2.75 bits per heavy atom. The molecule has 2 rings (SSSR count). The molecule has 0 unspecified atom stereocenters. The van der Waals surface area contributed by atoms with Crippen molar-refractivity contribution < 1.29 is 14.8 Å². The Labute approximate surface area is 118 Å². The van der Waals surface area contributed by atoms with Gasteiger partial charge in [-0.1, -0.05) is 18.2 Å². The van der Waals surface area contributed by atoms with Crippen LogP contribution in [0.15, 0.2) is 47.6 Å². The van der Waals surface area contributed by atoms with Gasteiger partial charge >= 0.3 is 5.97 Å². The van der Waals surface area contributed by atoms with Crippen molar-refractivity contribution in [3.8, 4) is 0 Å². The topological polar surface area (TPSA) is 93.3 Å². The summed E-state index contributed by atoms with van der Waals surface area (Å²) in [5, 5.41) is 20.3. The van der Waals surface area contributed by atoms with Gasteiger partial charge in [-0.25, -0.2) is 9.78 Å². The van der Waals surface area contributed by atoms with Gasteiger partial charge in [-0.15, -0.1) is 11.8 Å². The summed E-state index contributed by atoms with van der Waals surface area (Å²) in [5.74, 6) is -0.780. The molecule has 1 aromatic carbocycles. The molecule has 0 aliphatic carbocycles. The lowest BCUT2D eigenvalue weighted by molar-refractivity contribution is -0.385. The van der Waals surface area contributed by atoms with Crippen LogP contribution in [0.5, 0.6) is 0 Å². The van der Waals surface area contributed by atoms with Crippen molar-refractivity contribution in [3.05, 3.63) is 63.8 Å². The van der Waals surface area contributed by atoms with Gasteiger partial charge in [-0.05, 0) is 12.1 Å². The number of benzene rings is 1. The molecule has 0 radical (unpaired) electrons. The standard InChI is InChI=1S/C13H10N2O4S/c16-13(17)10-5-3-7-14-12(10)20-8-9-4-1-2-6-11(9)15(18)19/h1-7H,8H2,(H,16,17). The van der Waals surface area contributed by atoms with Crippen LogP contribution < -0.4 is 0 Å². The molecular formula is C13H10N2O4S. The number of carboxylic acids is 1. The van der Waals surface area contributed by atoms with E-state index in [1.54, 1.807) is 24.3 Å². The highest BCUT2D eigenvalue weighted by Gasteiger charge is 2.15. The van der Waals surface area contributed by atoms with Gasteiger partial charge in [-0.3, -0.25) is 10.1 Å². The summed E-state index contributed by atoms with van der Waals surface area (Å²) < 4.78 is 0. The molecule has 20 heavy (non-hydrogen) atoms. The molecule has 0 atom stereocenters. The zero-order valence-electron chi connectivity index (χ0n) is 10.2. The van der Waals surface area contributed by atoms with Gasteiger partial charge in [0.1, 0.15) is 5.03 Å². The van der Waals surface area contributed by atoms with Crippen LogP contribution in [-0.2, 0) is 5.75 Å². The number of aromatic carboxylic acids is 1. The number of hydrogen-bond donors (Lipinski definition) is 1. The molecule has 0 fully saturated rings. The summed E-state index contributed by atoms with van der Waals surface area (Å²) in [6.45, 7) is 0. The van der Waals surface area contributed by atoms with Gasteiger partial charge in [0.2, 0.25) is 0 Å². The lowest BCUT2D eigenvalue weighted by Crippen LogP contribution is -2.00. The molecule has 102 valence electrons. The minimum atomic E-state index is -1.07. The molecule has 0 saturated heterocycles. The Morgan fingerprint density at radius 1 is 1.30 bits per heavy atom. The SMILES string of the molecule is O=C(O)c1cccnc1SCc1ccccc1[N+](=O)[O-].